The van der Waals surface area contributed by atoms with Gasteiger partial charge in [-0.2, -0.15) is 0 Å². The van der Waals surface area contributed by atoms with Crippen LogP contribution in [0.3, 0.4) is 0 Å². The summed E-state index contributed by atoms with van der Waals surface area (Å²) in [6.45, 7) is 8.14. The van der Waals surface area contributed by atoms with Gasteiger partial charge < -0.3 is 14.5 Å². The molecule has 1 saturated heterocycles. The first kappa shape index (κ1) is 18.6. The predicted molar refractivity (Wildman–Crippen MR) is 104 cm³/mol. The number of furan rings is 1. The average molecular weight is 383 g/mol. The van der Waals surface area contributed by atoms with E-state index in [0.717, 1.165) is 42.2 Å². The molecule has 8 nitrogen and oxygen atoms in total. The number of hydrogen-bond donors (Lipinski definition) is 1. The van der Waals surface area contributed by atoms with Crippen molar-refractivity contribution in [2.45, 2.75) is 26.4 Å². The highest BCUT2D eigenvalue weighted by atomic mass is 16.5. The Morgan fingerprint density at radius 3 is 2.79 bits per heavy atom. The van der Waals surface area contributed by atoms with Gasteiger partial charge in [-0.25, -0.2) is 4.68 Å². The fourth-order valence-electron chi connectivity index (χ4n) is 3.57. The molecule has 1 N–H and O–H groups in total. The first-order valence-corrected chi connectivity index (χ1v) is 9.65. The average Bonchev–Trinajstić information content (AvgIpc) is 3.34. The predicted octanol–water partition coefficient (Wildman–Crippen LogP) is 2.16. The van der Waals surface area contributed by atoms with Gasteiger partial charge in [0, 0.05) is 31.7 Å². The van der Waals surface area contributed by atoms with Crippen LogP contribution >= 0.6 is 0 Å². The zero-order chi connectivity index (χ0) is 19.5. The Bertz CT molecular complexity index is 958. The van der Waals surface area contributed by atoms with Gasteiger partial charge in [-0.1, -0.05) is 5.21 Å². The molecule has 1 amide bonds. The normalized spacial score (nSPS) is 16.4. The van der Waals surface area contributed by atoms with Gasteiger partial charge in [0.1, 0.15) is 17.0 Å². The van der Waals surface area contributed by atoms with Crippen molar-refractivity contribution >= 4 is 16.9 Å². The number of amides is 1. The van der Waals surface area contributed by atoms with E-state index in [2.05, 4.69) is 20.5 Å². The van der Waals surface area contributed by atoms with Crippen LogP contribution in [-0.2, 0) is 11.3 Å². The second-order valence-corrected chi connectivity index (χ2v) is 6.93. The van der Waals surface area contributed by atoms with Crippen LogP contribution in [-0.4, -0.2) is 58.6 Å². The standard InChI is InChI=1S/C20H25N5O3/c1-3-25-17-6-5-15(12-16(17)22-23-25)20(26)21-13-18(19-7-4-14(2)28-19)24-8-10-27-11-9-24/h4-7,12,18H,3,8-11,13H2,1-2H3,(H,21,26)/t18-/m1/s1. The van der Waals surface area contributed by atoms with Gasteiger partial charge in [-0.15, -0.1) is 5.10 Å². The van der Waals surface area contributed by atoms with Gasteiger partial charge in [-0.3, -0.25) is 9.69 Å². The summed E-state index contributed by atoms with van der Waals surface area (Å²) in [4.78, 5) is 15.0. The summed E-state index contributed by atoms with van der Waals surface area (Å²) >= 11 is 0. The van der Waals surface area contributed by atoms with E-state index in [4.69, 9.17) is 9.15 Å². The van der Waals surface area contributed by atoms with Crippen LogP contribution in [0.5, 0.6) is 0 Å². The monoisotopic (exact) mass is 383 g/mol. The van der Waals surface area contributed by atoms with Gasteiger partial charge in [0.15, 0.2) is 0 Å². The van der Waals surface area contributed by atoms with Crippen LogP contribution in [0.25, 0.3) is 11.0 Å². The molecule has 0 unspecified atom stereocenters. The minimum Gasteiger partial charge on any atom is -0.465 e. The van der Waals surface area contributed by atoms with Crippen LogP contribution in [0, 0.1) is 6.92 Å². The number of morpholine rings is 1. The van der Waals surface area contributed by atoms with Crippen LogP contribution in [0.1, 0.15) is 34.8 Å². The zero-order valence-corrected chi connectivity index (χ0v) is 16.2. The number of ether oxygens (including phenoxy) is 1. The maximum atomic E-state index is 12.7. The van der Waals surface area contributed by atoms with Crippen LogP contribution in [0.4, 0.5) is 0 Å². The minimum atomic E-state index is -0.130. The fraction of sp³-hybridized carbons (Fsp3) is 0.450. The number of nitrogens with one attached hydrogen (secondary N) is 1. The summed E-state index contributed by atoms with van der Waals surface area (Å²) in [5.41, 5.74) is 2.23. The molecule has 1 atom stereocenters. The second-order valence-electron chi connectivity index (χ2n) is 6.93. The highest BCUT2D eigenvalue weighted by Crippen LogP contribution is 2.23. The van der Waals surface area contributed by atoms with Crippen molar-refractivity contribution in [1.82, 2.24) is 25.2 Å². The lowest BCUT2D eigenvalue weighted by Crippen LogP contribution is -2.43. The number of nitrogens with zero attached hydrogens (tertiary/aromatic N) is 4. The molecule has 3 aromatic rings. The molecule has 1 aliphatic rings. The Hall–Kier alpha value is -2.71. The van der Waals surface area contributed by atoms with Crippen LogP contribution in [0.15, 0.2) is 34.7 Å². The summed E-state index contributed by atoms with van der Waals surface area (Å²) in [5.74, 6) is 1.60. The molecule has 1 aromatic carbocycles. The number of rotatable bonds is 6. The van der Waals surface area contributed by atoms with Crippen molar-refractivity contribution in [2.75, 3.05) is 32.8 Å². The van der Waals surface area contributed by atoms with E-state index in [1.807, 2.05) is 42.8 Å². The van der Waals surface area contributed by atoms with E-state index in [1.165, 1.54) is 0 Å². The molecule has 0 spiro atoms. The van der Waals surface area contributed by atoms with Crippen molar-refractivity contribution in [3.8, 4) is 0 Å². The summed E-state index contributed by atoms with van der Waals surface area (Å²) in [6.07, 6.45) is 0. The molecule has 0 bridgehead atoms. The second kappa shape index (κ2) is 8.12. The van der Waals surface area contributed by atoms with Gasteiger partial charge >= 0.3 is 0 Å². The number of aryl methyl sites for hydroxylation is 2. The van der Waals surface area contributed by atoms with Gasteiger partial charge in [0.25, 0.3) is 5.91 Å². The van der Waals surface area contributed by atoms with Crippen molar-refractivity contribution in [3.63, 3.8) is 0 Å². The number of fused-ring (bicyclic) bond motifs is 1. The molecule has 0 radical (unpaired) electrons. The first-order chi connectivity index (χ1) is 13.7. The van der Waals surface area contributed by atoms with E-state index in [9.17, 15) is 4.79 Å². The van der Waals surface area contributed by atoms with E-state index in [0.29, 0.717) is 25.3 Å². The van der Waals surface area contributed by atoms with Crippen LogP contribution < -0.4 is 5.32 Å². The van der Waals surface area contributed by atoms with E-state index < -0.39 is 0 Å². The Kier molecular flexibility index (Phi) is 5.40. The summed E-state index contributed by atoms with van der Waals surface area (Å²) in [7, 11) is 0. The summed E-state index contributed by atoms with van der Waals surface area (Å²) < 4.78 is 13.1. The molecule has 3 heterocycles. The molecule has 148 valence electrons. The molecular formula is C20H25N5O3. The Balaban J connectivity index is 1.49. The Morgan fingerprint density at radius 2 is 2.07 bits per heavy atom. The third-order valence-electron chi connectivity index (χ3n) is 5.11. The lowest BCUT2D eigenvalue weighted by atomic mass is 10.1. The minimum absolute atomic E-state index is 0.0220. The first-order valence-electron chi connectivity index (χ1n) is 9.65. The lowest BCUT2D eigenvalue weighted by Gasteiger charge is -2.33. The maximum absolute atomic E-state index is 12.7. The molecule has 1 aliphatic heterocycles. The Morgan fingerprint density at radius 1 is 1.25 bits per heavy atom. The quantitative estimate of drug-likeness (QED) is 0.702. The summed E-state index contributed by atoms with van der Waals surface area (Å²) in [6, 6.07) is 9.40. The third-order valence-corrected chi connectivity index (χ3v) is 5.11. The highest BCUT2D eigenvalue weighted by Gasteiger charge is 2.26. The van der Waals surface area contributed by atoms with Crippen molar-refractivity contribution in [1.29, 1.82) is 0 Å². The highest BCUT2D eigenvalue weighted by molar-refractivity contribution is 5.97. The largest absolute Gasteiger partial charge is 0.465 e. The maximum Gasteiger partial charge on any atom is 0.251 e. The topological polar surface area (TPSA) is 85.4 Å². The van der Waals surface area contributed by atoms with Crippen molar-refractivity contribution in [2.24, 2.45) is 0 Å². The van der Waals surface area contributed by atoms with Gasteiger partial charge in [-0.05, 0) is 44.2 Å². The van der Waals surface area contributed by atoms with Crippen LogP contribution in [0.2, 0.25) is 0 Å². The van der Waals surface area contributed by atoms with Gasteiger partial charge in [0.05, 0.1) is 24.8 Å². The van der Waals surface area contributed by atoms with E-state index >= 15 is 0 Å². The molecule has 0 saturated carbocycles. The molecule has 2 aromatic heterocycles. The van der Waals surface area contributed by atoms with E-state index in [1.54, 1.807) is 6.07 Å². The molecule has 28 heavy (non-hydrogen) atoms. The fourth-order valence-corrected chi connectivity index (χ4v) is 3.57. The molecular weight excluding hydrogens is 358 g/mol. The Labute approximate surface area is 163 Å². The molecule has 8 heteroatoms. The number of carbonyl (C=O) groups is 1. The van der Waals surface area contributed by atoms with Gasteiger partial charge in [0.2, 0.25) is 0 Å². The number of aromatic nitrogens is 3. The lowest BCUT2D eigenvalue weighted by molar-refractivity contribution is 0.0117. The summed E-state index contributed by atoms with van der Waals surface area (Å²) in [5, 5.41) is 11.3. The van der Waals surface area contributed by atoms with Crippen molar-refractivity contribution < 1.29 is 13.9 Å². The number of hydrogen-bond acceptors (Lipinski definition) is 6. The molecule has 0 aliphatic carbocycles. The smallest absolute Gasteiger partial charge is 0.251 e. The molecule has 1 fully saturated rings. The molecule has 4 rings (SSSR count). The zero-order valence-electron chi connectivity index (χ0n) is 16.2. The third kappa shape index (κ3) is 3.79. The number of carbonyl (C=O) groups excluding carboxylic acids is 1. The van der Waals surface area contributed by atoms with E-state index in [-0.39, 0.29) is 11.9 Å². The number of benzene rings is 1. The van der Waals surface area contributed by atoms with Crippen molar-refractivity contribution in [3.05, 3.63) is 47.4 Å². The SMILES string of the molecule is CCn1nnc2cc(C(=O)NC[C@H](c3ccc(C)o3)N3CCOCC3)ccc21.